The fraction of sp³-hybridized carbons (Fsp3) is 0.440. The molecule has 160 valence electrons. The van der Waals surface area contributed by atoms with Crippen molar-refractivity contribution in [2.75, 3.05) is 6.54 Å². The molecule has 0 spiro atoms. The van der Waals surface area contributed by atoms with Gasteiger partial charge in [-0.25, -0.2) is 4.98 Å². The Hall–Kier alpha value is -2.33. The number of hydrogen-bond donors (Lipinski definition) is 1. The highest BCUT2D eigenvalue weighted by atomic mass is 35.5. The lowest BCUT2D eigenvalue weighted by Gasteiger charge is -2.13. The van der Waals surface area contributed by atoms with E-state index in [0.29, 0.717) is 0 Å². The maximum absolute atomic E-state index is 12.1. The molecule has 1 amide bonds. The number of rotatable bonds is 11. The van der Waals surface area contributed by atoms with Crippen molar-refractivity contribution in [2.24, 2.45) is 5.92 Å². The molecule has 5 heteroatoms. The van der Waals surface area contributed by atoms with Gasteiger partial charge in [-0.3, -0.25) is 4.79 Å². The van der Waals surface area contributed by atoms with Crippen molar-refractivity contribution in [3.8, 4) is 0 Å². The molecule has 0 aliphatic heterocycles. The van der Waals surface area contributed by atoms with E-state index in [1.54, 1.807) is 0 Å². The van der Waals surface area contributed by atoms with Gasteiger partial charge in [0, 0.05) is 23.9 Å². The second kappa shape index (κ2) is 11.2. The minimum absolute atomic E-state index is 0.148. The number of carbonyl (C=O) groups is 1. The summed E-state index contributed by atoms with van der Waals surface area (Å²) in [5.74, 6) is 1.44. The third kappa shape index (κ3) is 5.63. The number of halogens is 1. The molecule has 2 aromatic carbocycles. The molecule has 0 fully saturated rings. The number of carbonyl (C=O) groups excluding carboxylic acids is 1. The largest absolute Gasteiger partial charge is 0.356 e. The second-order valence-electron chi connectivity index (χ2n) is 7.81. The van der Waals surface area contributed by atoms with Crippen molar-refractivity contribution < 1.29 is 4.79 Å². The van der Waals surface area contributed by atoms with Crippen LogP contribution in [-0.2, 0) is 17.8 Å². The SMILES string of the molecule is CCC(CC)C(=O)NCCCCCc1nc2ccccc2n1Cc1ccccc1Cl. The van der Waals surface area contributed by atoms with Crippen LogP contribution in [0.1, 0.15) is 57.3 Å². The molecule has 1 heterocycles. The molecule has 30 heavy (non-hydrogen) atoms. The van der Waals surface area contributed by atoms with Gasteiger partial charge in [0.25, 0.3) is 0 Å². The zero-order chi connectivity index (χ0) is 21.3. The number of fused-ring (bicyclic) bond motifs is 1. The summed E-state index contributed by atoms with van der Waals surface area (Å²) in [6.07, 6.45) is 5.84. The summed E-state index contributed by atoms with van der Waals surface area (Å²) in [6, 6.07) is 16.3. The van der Waals surface area contributed by atoms with Gasteiger partial charge in [-0.05, 0) is 49.4 Å². The number of benzene rings is 2. The van der Waals surface area contributed by atoms with Crippen molar-refractivity contribution in [3.05, 3.63) is 64.9 Å². The molecule has 0 aliphatic rings. The maximum atomic E-state index is 12.1. The van der Waals surface area contributed by atoms with E-state index in [1.165, 1.54) is 0 Å². The highest BCUT2D eigenvalue weighted by molar-refractivity contribution is 6.31. The Labute approximate surface area is 184 Å². The van der Waals surface area contributed by atoms with E-state index in [9.17, 15) is 4.79 Å². The third-order valence-corrected chi connectivity index (χ3v) is 6.12. The van der Waals surface area contributed by atoms with Crippen LogP contribution in [0.25, 0.3) is 11.0 Å². The first-order valence-electron chi connectivity index (χ1n) is 11.1. The molecule has 1 N–H and O–H groups in total. The van der Waals surface area contributed by atoms with Crippen LogP contribution in [0, 0.1) is 5.92 Å². The fourth-order valence-corrected chi connectivity index (χ4v) is 4.09. The van der Waals surface area contributed by atoms with Gasteiger partial charge in [-0.2, -0.15) is 0 Å². The molecule has 3 aromatic rings. The lowest BCUT2D eigenvalue weighted by atomic mass is 10.0. The summed E-state index contributed by atoms with van der Waals surface area (Å²) in [5, 5.41) is 3.87. The van der Waals surface area contributed by atoms with E-state index in [1.807, 2.05) is 24.3 Å². The summed E-state index contributed by atoms with van der Waals surface area (Å²) in [4.78, 5) is 16.9. The quantitative estimate of drug-likeness (QED) is 0.383. The lowest BCUT2D eigenvalue weighted by Crippen LogP contribution is -2.30. The number of unbranched alkanes of at least 4 members (excludes halogenated alkanes) is 2. The molecular weight excluding hydrogens is 394 g/mol. The van der Waals surface area contributed by atoms with Crippen molar-refractivity contribution in [2.45, 2.75) is 58.9 Å². The Bertz CT molecular complexity index is 962. The Morgan fingerprint density at radius 3 is 2.53 bits per heavy atom. The molecule has 0 saturated heterocycles. The van der Waals surface area contributed by atoms with Crippen LogP contribution < -0.4 is 5.32 Å². The molecule has 0 unspecified atom stereocenters. The molecule has 0 bridgehead atoms. The summed E-state index contributed by atoms with van der Waals surface area (Å²) >= 11 is 6.41. The number of nitrogens with one attached hydrogen (secondary N) is 1. The van der Waals surface area contributed by atoms with Crippen LogP contribution >= 0.6 is 11.6 Å². The van der Waals surface area contributed by atoms with Gasteiger partial charge in [0.1, 0.15) is 5.82 Å². The lowest BCUT2D eigenvalue weighted by molar-refractivity contribution is -0.125. The molecule has 0 aliphatic carbocycles. The van der Waals surface area contributed by atoms with Crippen LogP contribution in [-0.4, -0.2) is 22.0 Å². The number of imidazole rings is 1. The van der Waals surface area contributed by atoms with Gasteiger partial charge < -0.3 is 9.88 Å². The predicted octanol–water partition coefficient (Wildman–Crippen LogP) is 6.00. The molecular formula is C25H32ClN3O. The smallest absolute Gasteiger partial charge is 0.223 e. The normalized spacial score (nSPS) is 11.3. The van der Waals surface area contributed by atoms with Gasteiger partial charge in [-0.1, -0.05) is 62.2 Å². The Morgan fingerprint density at radius 2 is 1.77 bits per heavy atom. The zero-order valence-electron chi connectivity index (χ0n) is 18.0. The summed E-state index contributed by atoms with van der Waals surface area (Å²) in [7, 11) is 0. The van der Waals surface area contributed by atoms with Gasteiger partial charge in [-0.15, -0.1) is 0 Å². The molecule has 0 saturated carbocycles. The van der Waals surface area contributed by atoms with E-state index < -0.39 is 0 Å². The van der Waals surface area contributed by atoms with Gasteiger partial charge >= 0.3 is 0 Å². The highest BCUT2D eigenvalue weighted by Crippen LogP contribution is 2.22. The first-order valence-corrected chi connectivity index (χ1v) is 11.5. The van der Waals surface area contributed by atoms with E-state index in [-0.39, 0.29) is 11.8 Å². The third-order valence-electron chi connectivity index (χ3n) is 5.75. The number of hydrogen-bond acceptors (Lipinski definition) is 2. The van der Waals surface area contributed by atoms with Crippen molar-refractivity contribution in [1.29, 1.82) is 0 Å². The van der Waals surface area contributed by atoms with Crippen molar-refractivity contribution in [1.82, 2.24) is 14.9 Å². The topological polar surface area (TPSA) is 46.9 Å². The molecule has 4 nitrogen and oxygen atoms in total. The Balaban J connectivity index is 1.58. The average Bonchev–Trinajstić information content (AvgIpc) is 3.10. The van der Waals surface area contributed by atoms with Crippen molar-refractivity contribution >= 4 is 28.5 Å². The van der Waals surface area contributed by atoms with Crippen LogP contribution in [0.2, 0.25) is 5.02 Å². The number of para-hydroxylation sites is 2. The zero-order valence-corrected chi connectivity index (χ0v) is 18.8. The minimum Gasteiger partial charge on any atom is -0.356 e. The van der Waals surface area contributed by atoms with E-state index >= 15 is 0 Å². The van der Waals surface area contributed by atoms with Gasteiger partial charge in [0.05, 0.1) is 17.6 Å². The van der Waals surface area contributed by atoms with E-state index in [4.69, 9.17) is 16.6 Å². The predicted molar refractivity (Wildman–Crippen MR) is 125 cm³/mol. The van der Waals surface area contributed by atoms with Crippen LogP contribution in [0.15, 0.2) is 48.5 Å². The molecule has 3 rings (SSSR count). The fourth-order valence-electron chi connectivity index (χ4n) is 3.89. The minimum atomic E-state index is 0.148. The monoisotopic (exact) mass is 425 g/mol. The Morgan fingerprint density at radius 1 is 1.03 bits per heavy atom. The van der Waals surface area contributed by atoms with Crippen LogP contribution in [0.4, 0.5) is 0 Å². The molecule has 1 aromatic heterocycles. The van der Waals surface area contributed by atoms with Crippen LogP contribution in [0.3, 0.4) is 0 Å². The molecule has 0 atom stereocenters. The van der Waals surface area contributed by atoms with Gasteiger partial charge in [0.15, 0.2) is 0 Å². The number of nitrogens with zero attached hydrogens (tertiary/aromatic N) is 2. The first kappa shape index (κ1) is 22.4. The average molecular weight is 426 g/mol. The maximum Gasteiger partial charge on any atom is 0.223 e. The van der Waals surface area contributed by atoms with E-state index in [2.05, 4.69) is 48.0 Å². The Kier molecular flexibility index (Phi) is 8.32. The standard InChI is InChI=1S/C25H32ClN3O/c1-3-19(4-2)25(30)27-17-11-5-6-16-24-28-22-14-9-10-15-23(22)29(24)18-20-12-7-8-13-21(20)26/h7-10,12-15,19H,3-6,11,16-18H2,1-2H3,(H,27,30). The number of aryl methyl sites for hydroxylation is 1. The highest BCUT2D eigenvalue weighted by Gasteiger charge is 2.14. The summed E-state index contributed by atoms with van der Waals surface area (Å²) < 4.78 is 2.28. The van der Waals surface area contributed by atoms with Crippen molar-refractivity contribution in [3.63, 3.8) is 0 Å². The van der Waals surface area contributed by atoms with E-state index in [0.717, 1.165) is 79.1 Å². The number of aromatic nitrogens is 2. The second-order valence-corrected chi connectivity index (χ2v) is 8.22. The number of amides is 1. The summed E-state index contributed by atoms with van der Waals surface area (Å²) in [5.41, 5.74) is 3.27. The van der Waals surface area contributed by atoms with Gasteiger partial charge in [0.2, 0.25) is 5.91 Å². The summed E-state index contributed by atoms with van der Waals surface area (Å²) in [6.45, 7) is 5.62. The molecule has 0 radical (unpaired) electrons. The van der Waals surface area contributed by atoms with Crippen LogP contribution in [0.5, 0.6) is 0 Å². The first-order chi connectivity index (χ1) is 14.6.